The van der Waals surface area contributed by atoms with E-state index in [2.05, 4.69) is 10.0 Å². The molecule has 0 saturated heterocycles. The summed E-state index contributed by atoms with van der Waals surface area (Å²) in [4.78, 5) is 30.7. The van der Waals surface area contributed by atoms with Crippen LogP contribution in [-0.4, -0.2) is 30.7 Å². The molecular formula is C5H9N3O4. The Hall–Kier alpha value is -1.66. The van der Waals surface area contributed by atoms with Gasteiger partial charge in [0.15, 0.2) is 0 Å². The van der Waals surface area contributed by atoms with Crippen LogP contribution in [-0.2, 0) is 9.53 Å². The van der Waals surface area contributed by atoms with Gasteiger partial charge in [-0.05, 0) is 0 Å². The van der Waals surface area contributed by atoms with Crippen molar-refractivity contribution in [1.29, 1.82) is 0 Å². The summed E-state index contributed by atoms with van der Waals surface area (Å²) in [6.45, 7) is -0.161. The van der Waals surface area contributed by atoms with Crippen LogP contribution in [0.25, 0.3) is 0 Å². The normalized spacial score (nSPS) is 8.75. The van der Waals surface area contributed by atoms with Gasteiger partial charge in [0.1, 0.15) is 0 Å². The maximum absolute atomic E-state index is 10.5. The van der Waals surface area contributed by atoms with Crippen LogP contribution >= 0.6 is 0 Å². The number of urea groups is 1. The number of hydrogen-bond acceptors (Lipinski definition) is 5. The number of nitrogens with zero attached hydrogens (tertiary/aromatic N) is 2. The summed E-state index contributed by atoms with van der Waals surface area (Å²) in [7, 11) is 1.20. The highest BCUT2D eigenvalue weighted by atomic mass is 16.5. The molecule has 68 valence electrons. The van der Waals surface area contributed by atoms with E-state index in [0.29, 0.717) is 5.01 Å². The Bertz CT molecular complexity index is 193. The van der Waals surface area contributed by atoms with Gasteiger partial charge in [0.2, 0.25) is 0 Å². The largest absolute Gasteiger partial charge is 0.469 e. The number of carbonyl (C=O) groups excluding carboxylic acids is 2. The van der Waals surface area contributed by atoms with Gasteiger partial charge in [-0.3, -0.25) is 4.79 Å². The molecule has 0 radical (unpaired) electrons. The third kappa shape index (κ3) is 3.49. The molecule has 0 spiro atoms. The van der Waals surface area contributed by atoms with E-state index in [9.17, 15) is 14.5 Å². The van der Waals surface area contributed by atoms with E-state index < -0.39 is 12.0 Å². The molecule has 0 aromatic carbocycles. The molecule has 0 aliphatic carbocycles. The third-order valence-electron chi connectivity index (χ3n) is 1.11. The van der Waals surface area contributed by atoms with E-state index in [1.54, 1.807) is 0 Å². The SMILES string of the molecule is COC(=O)CCN(N=O)C(N)=O. The number of nitroso groups, excluding NO2 is 1. The fourth-order valence-corrected chi connectivity index (χ4v) is 0.491. The molecule has 0 aliphatic heterocycles. The van der Waals surface area contributed by atoms with E-state index in [1.165, 1.54) is 7.11 Å². The summed E-state index contributed by atoms with van der Waals surface area (Å²) in [5, 5.41) is 2.74. The van der Waals surface area contributed by atoms with Crippen LogP contribution in [0.3, 0.4) is 0 Å². The van der Waals surface area contributed by atoms with Crippen molar-refractivity contribution in [3.8, 4) is 0 Å². The predicted molar refractivity (Wildman–Crippen MR) is 38.7 cm³/mol. The van der Waals surface area contributed by atoms with Crippen LogP contribution in [0.2, 0.25) is 0 Å². The number of primary amides is 1. The van der Waals surface area contributed by atoms with Gasteiger partial charge in [-0.2, -0.15) is 5.01 Å². The smallest absolute Gasteiger partial charge is 0.337 e. The minimum absolute atomic E-state index is 0.106. The summed E-state index contributed by atoms with van der Waals surface area (Å²) in [5.74, 6) is -0.537. The van der Waals surface area contributed by atoms with Gasteiger partial charge in [0.25, 0.3) is 0 Å². The molecule has 0 bridgehead atoms. The molecule has 7 heteroatoms. The highest BCUT2D eigenvalue weighted by Gasteiger charge is 2.11. The second kappa shape index (κ2) is 5.05. The fourth-order valence-electron chi connectivity index (χ4n) is 0.491. The molecule has 0 rings (SSSR count). The van der Waals surface area contributed by atoms with Crippen molar-refractivity contribution in [3.63, 3.8) is 0 Å². The molecule has 2 N–H and O–H groups in total. The molecule has 0 aliphatic rings. The molecule has 0 heterocycles. The van der Waals surface area contributed by atoms with E-state index in [-0.39, 0.29) is 13.0 Å². The molecule has 12 heavy (non-hydrogen) atoms. The highest BCUT2D eigenvalue weighted by molar-refractivity contribution is 5.73. The Morgan fingerprint density at radius 3 is 2.50 bits per heavy atom. The summed E-state index contributed by atoms with van der Waals surface area (Å²) in [6, 6.07) is -0.992. The van der Waals surface area contributed by atoms with Crippen LogP contribution in [0.4, 0.5) is 4.79 Å². The number of esters is 1. The van der Waals surface area contributed by atoms with E-state index >= 15 is 0 Å². The number of carbonyl (C=O) groups is 2. The number of rotatable bonds is 4. The van der Waals surface area contributed by atoms with E-state index in [4.69, 9.17) is 5.73 Å². The highest BCUT2D eigenvalue weighted by Crippen LogP contribution is 1.92. The Kier molecular flexibility index (Phi) is 4.35. The second-order valence-electron chi connectivity index (χ2n) is 1.87. The van der Waals surface area contributed by atoms with Crippen molar-refractivity contribution in [1.82, 2.24) is 5.01 Å². The zero-order valence-corrected chi connectivity index (χ0v) is 6.52. The topological polar surface area (TPSA) is 102 Å². The van der Waals surface area contributed by atoms with Gasteiger partial charge in [0, 0.05) is 0 Å². The lowest BCUT2D eigenvalue weighted by Gasteiger charge is -2.07. The Labute approximate surface area is 68.4 Å². The van der Waals surface area contributed by atoms with Crippen molar-refractivity contribution in [2.45, 2.75) is 6.42 Å². The van der Waals surface area contributed by atoms with Crippen LogP contribution in [0, 0.1) is 4.91 Å². The maximum atomic E-state index is 10.5. The molecule has 7 nitrogen and oxygen atoms in total. The number of methoxy groups -OCH3 is 1. The minimum Gasteiger partial charge on any atom is -0.469 e. The average Bonchev–Trinajstić information content (AvgIpc) is 2.04. The Morgan fingerprint density at radius 2 is 2.17 bits per heavy atom. The third-order valence-corrected chi connectivity index (χ3v) is 1.11. The molecule has 0 fully saturated rings. The fraction of sp³-hybridized carbons (Fsp3) is 0.600. The lowest BCUT2D eigenvalue weighted by atomic mass is 10.4. The number of amides is 2. The number of ether oxygens (including phenoxy) is 1. The first-order valence-corrected chi connectivity index (χ1v) is 3.09. The summed E-state index contributed by atoms with van der Waals surface area (Å²) >= 11 is 0. The molecule has 0 aromatic rings. The molecule has 2 amide bonds. The van der Waals surface area contributed by atoms with Crippen molar-refractivity contribution in [2.24, 2.45) is 11.0 Å². The van der Waals surface area contributed by atoms with Gasteiger partial charge < -0.3 is 10.5 Å². The lowest BCUT2D eigenvalue weighted by molar-refractivity contribution is -0.140. The van der Waals surface area contributed by atoms with Crippen molar-refractivity contribution in [2.75, 3.05) is 13.7 Å². The summed E-state index contributed by atoms with van der Waals surface area (Å²) in [6.07, 6.45) is -0.106. The Morgan fingerprint density at radius 1 is 1.58 bits per heavy atom. The first kappa shape index (κ1) is 10.3. The summed E-state index contributed by atoms with van der Waals surface area (Å²) < 4.78 is 4.26. The number of nitrogens with two attached hydrogens (primary N) is 1. The van der Waals surface area contributed by atoms with E-state index in [0.717, 1.165) is 0 Å². The zero-order chi connectivity index (χ0) is 9.56. The van der Waals surface area contributed by atoms with Crippen molar-refractivity contribution >= 4 is 12.0 Å². The average molecular weight is 175 g/mol. The first-order chi connectivity index (χ1) is 5.61. The van der Waals surface area contributed by atoms with E-state index in [1.807, 2.05) is 0 Å². The van der Waals surface area contributed by atoms with Gasteiger partial charge in [-0.15, -0.1) is 4.91 Å². The Balaban J connectivity index is 3.80. The zero-order valence-electron chi connectivity index (χ0n) is 6.52. The minimum atomic E-state index is -0.992. The van der Waals surface area contributed by atoms with Gasteiger partial charge >= 0.3 is 12.0 Å². The molecular weight excluding hydrogens is 166 g/mol. The van der Waals surface area contributed by atoms with Crippen LogP contribution in [0.1, 0.15) is 6.42 Å². The lowest BCUT2D eigenvalue weighted by Crippen LogP contribution is -2.32. The molecule has 0 atom stereocenters. The van der Waals surface area contributed by atoms with Gasteiger partial charge in [0.05, 0.1) is 25.4 Å². The second-order valence-corrected chi connectivity index (χ2v) is 1.87. The van der Waals surface area contributed by atoms with Crippen molar-refractivity contribution in [3.05, 3.63) is 4.91 Å². The molecule has 0 unspecified atom stereocenters. The monoisotopic (exact) mass is 175 g/mol. The number of hydrogen-bond donors (Lipinski definition) is 1. The first-order valence-electron chi connectivity index (χ1n) is 3.09. The van der Waals surface area contributed by atoms with Crippen LogP contribution < -0.4 is 5.73 Å². The molecule has 0 aromatic heterocycles. The van der Waals surface area contributed by atoms with Gasteiger partial charge in [-0.25, -0.2) is 4.79 Å². The van der Waals surface area contributed by atoms with Gasteiger partial charge in [-0.1, -0.05) is 0 Å². The van der Waals surface area contributed by atoms with Crippen LogP contribution in [0.5, 0.6) is 0 Å². The predicted octanol–water partition coefficient (Wildman–Crippen LogP) is -0.388. The van der Waals surface area contributed by atoms with Crippen molar-refractivity contribution < 1.29 is 14.3 Å². The maximum Gasteiger partial charge on any atom is 0.337 e. The quantitative estimate of drug-likeness (QED) is 0.357. The summed E-state index contributed by atoms with van der Waals surface area (Å²) in [5.41, 5.74) is 4.72. The van der Waals surface area contributed by atoms with Crippen LogP contribution in [0.15, 0.2) is 5.29 Å². The molecule has 0 saturated carbocycles. The standard InChI is InChI=1S/C5H9N3O4/c1-12-4(9)2-3-8(7-11)5(6)10/h2-3H2,1H3,(H2,6,10).